The Kier molecular flexibility index (Phi) is 7.54. The van der Waals surface area contributed by atoms with Crippen LogP contribution in [-0.2, 0) is 10.2 Å². The first-order valence-electron chi connectivity index (χ1n) is 9.84. The largest absolute Gasteiger partial charge is 0.481 e. The summed E-state index contributed by atoms with van der Waals surface area (Å²) in [4.78, 5) is 10.6. The Balaban J connectivity index is 1.95. The maximum atomic E-state index is 10.6. The number of alkyl halides is 1. The maximum Gasteiger partial charge on any atom is 0.303 e. The second-order valence-corrected chi connectivity index (χ2v) is 9.29. The van der Waals surface area contributed by atoms with Gasteiger partial charge in [-0.2, -0.15) is 0 Å². The minimum atomic E-state index is -0.719. The summed E-state index contributed by atoms with van der Waals surface area (Å²) in [5.74, 6) is -0.333. The first kappa shape index (κ1) is 21.2. The first-order chi connectivity index (χ1) is 12.2. The molecular weight excluding hydrogens is 348 g/mol. The summed E-state index contributed by atoms with van der Waals surface area (Å²) in [6.45, 7) is 6.61. The summed E-state index contributed by atoms with van der Waals surface area (Å²) in [7, 11) is 0. The van der Waals surface area contributed by atoms with Crippen LogP contribution in [0.3, 0.4) is 0 Å². The van der Waals surface area contributed by atoms with Crippen LogP contribution in [0.1, 0.15) is 82.8 Å². The van der Waals surface area contributed by atoms with E-state index in [0.29, 0.717) is 6.42 Å². The lowest BCUT2D eigenvalue weighted by Gasteiger charge is -2.25. The average molecular weight is 381 g/mol. The fourth-order valence-corrected chi connectivity index (χ4v) is 4.57. The van der Waals surface area contributed by atoms with Crippen molar-refractivity contribution in [2.24, 2.45) is 5.92 Å². The topological polar surface area (TPSA) is 57.5 Å². The number of halogens is 1. The molecule has 0 unspecified atom stereocenters. The smallest absolute Gasteiger partial charge is 0.303 e. The Morgan fingerprint density at radius 3 is 2.31 bits per heavy atom. The highest BCUT2D eigenvalue weighted by Gasteiger charge is 2.41. The number of unbranched alkanes of at least 4 members (excludes halogenated alkanes) is 3. The third-order valence-electron chi connectivity index (χ3n) is 5.65. The quantitative estimate of drug-likeness (QED) is 0.463. The lowest BCUT2D eigenvalue weighted by molar-refractivity contribution is -0.137. The molecule has 0 saturated heterocycles. The summed E-state index contributed by atoms with van der Waals surface area (Å²) < 4.78 is 0. The van der Waals surface area contributed by atoms with Gasteiger partial charge in [-0.05, 0) is 41.7 Å². The van der Waals surface area contributed by atoms with Gasteiger partial charge in [-0.3, -0.25) is 4.79 Å². The Hall–Kier alpha value is -1.06. The highest BCUT2D eigenvalue weighted by atomic mass is 35.5. The van der Waals surface area contributed by atoms with Gasteiger partial charge < -0.3 is 10.2 Å². The standard InChI is InChI=1S/C22H33ClO3/c1-22(2,3)16-12-10-15(11-13-16)21-17(18(23)14-19(21)24)8-6-4-5-7-9-20(25)26/h10-13,17-19,21,24H,4-9,14H2,1-3H3,(H,25,26)/t17-,18-,19+,21+/m0/s1. The lowest BCUT2D eigenvalue weighted by Crippen LogP contribution is -2.19. The van der Waals surface area contributed by atoms with E-state index >= 15 is 0 Å². The molecule has 1 aliphatic rings. The normalized spacial score (nSPS) is 26.2. The number of carboxylic acids is 1. The van der Waals surface area contributed by atoms with Gasteiger partial charge in [-0.15, -0.1) is 11.6 Å². The fraction of sp³-hybridized carbons (Fsp3) is 0.682. The molecule has 146 valence electrons. The molecule has 0 spiro atoms. The SMILES string of the molecule is CC(C)(C)c1ccc([C@@H]2[C@@H](CCCCCCC(=O)O)[C@@H](Cl)C[C@H]2O)cc1. The third-order valence-corrected chi connectivity index (χ3v) is 6.15. The maximum absolute atomic E-state index is 10.6. The van der Waals surface area contributed by atoms with Crippen LogP contribution >= 0.6 is 11.6 Å². The van der Waals surface area contributed by atoms with Crippen LogP contribution in [-0.4, -0.2) is 27.7 Å². The number of carboxylic acid groups (broad SMARTS) is 1. The number of carbonyl (C=O) groups is 1. The van der Waals surface area contributed by atoms with Crippen LogP contribution in [0.4, 0.5) is 0 Å². The number of aliphatic hydroxyl groups excluding tert-OH is 1. The van der Waals surface area contributed by atoms with Crippen molar-refractivity contribution in [2.75, 3.05) is 0 Å². The molecule has 0 radical (unpaired) electrons. The van der Waals surface area contributed by atoms with Gasteiger partial charge >= 0.3 is 5.97 Å². The predicted octanol–water partition coefficient (Wildman–Crippen LogP) is 5.48. The van der Waals surface area contributed by atoms with Gasteiger partial charge in [0.1, 0.15) is 0 Å². The van der Waals surface area contributed by atoms with E-state index < -0.39 is 5.97 Å². The number of aliphatic carboxylic acids is 1. The number of benzene rings is 1. The van der Waals surface area contributed by atoms with Gasteiger partial charge in [0.25, 0.3) is 0 Å². The Labute approximate surface area is 162 Å². The van der Waals surface area contributed by atoms with Crippen LogP contribution in [0.2, 0.25) is 0 Å². The zero-order valence-corrected chi connectivity index (χ0v) is 17.0. The summed E-state index contributed by atoms with van der Waals surface area (Å²) in [5.41, 5.74) is 2.60. The van der Waals surface area contributed by atoms with Crippen molar-refractivity contribution >= 4 is 17.6 Å². The molecule has 4 heteroatoms. The molecule has 2 N–H and O–H groups in total. The average Bonchev–Trinajstić information content (AvgIpc) is 2.83. The summed E-state index contributed by atoms with van der Waals surface area (Å²) in [5, 5.41) is 19.3. The monoisotopic (exact) mass is 380 g/mol. The molecular formula is C22H33ClO3. The minimum absolute atomic E-state index is 0.0105. The molecule has 0 heterocycles. The molecule has 1 aromatic carbocycles. The van der Waals surface area contributed by atoms with E-state index in [1.165, 1.54) is 11.1 Å². The second-order valence-electron chi connectivity index (χ2n) is 8.73. The lowest BCUT2D eigenvalue weighted by atomic mass is 9.81. The number of aliphatic hydroxyl groups is 1. The molecule has 0 bridgehead atoms. The minimum Gasteiger partial charge on any atom is -0.481 e. The molecule has 26 heavy (non-hydrogen) atoms. The summed E-state index contributed by atoms with van der Waals surface area (Å²) >= 11 is 6.57. The van der Waals surface area contributed by atoms with Gasteiger partial charge in [-0.25, -0.2) is 0 Å². The molecule has 1 aromatic rings. The van der Waals surface area contributed by atoms with E-state index in [4.69, 9.17) is 16.7 Å². The van der Waals surface area contributed by atoms with Crippen molar-refractivity contribution in [1.82, 2.24) is 0 Å². The Morgan fingerprint density at radius 1 is 1.12 bits per heavy atom. The number of hydrogen-bond donors (Lipinski definition) is 2. The van der Waals surface area contributed by atoms with Crippen LogP contribution in [0.25, 0.3) is 0 Å². The zero-order chi connectivity index (χ0) is 19.3. The van der Waals surface area contributed by atoms with Crippen LogP contribution in [0, 0.1) is 5.92 Å². The van der Waals surface area contributed by atoms with E-state index in [2.05, 4.69) is 45.0 Å². The van der Waals surface area contributed by atoms with Gasteiger partial charge in [0.15, 0.2) is 0 Å². The highest BCUT2D eigenvalue weighted by Crippen LogP contribution is 2.45. The van der Waals surface area contributed by atoms with Crippen LogP contribution < -0.4 is 0 Å². The molecule has 4 atom stereocenters. The van der Waals surface area contributed by atoms with Crippen LogP contribution in [0.5, 0.6) is 0 Å². The summed E-state index contributed by atoms with van der Waals surface area (Å²) in [6.07, 6.45) is 5.26. The second kappa shape index (κ2) is 9.23. The molecule has 0 aliphatic heterocycles. The van der Waals surface area contributed by atoms with Crippen molar-refractivity contribution in [3.63, 3.8) is 0 Å². The Bertz CT molecular complexity index is 576. The van der Waals surface area contributed by atoms with E-state index in [1.54, 1.807) is 0 Å². The van der Waals surface area contributed by atoms with Gasteiger partial charge in [0, 0.05) is 17.7 Å². The van der Waals surface area contributed by atoms with Gasteiger partial charge in [0.2, 0.25) is 0 Å². The van der Waals surface area contributed by atoms with Crippen molar-refractivity contribution in [2.45, 2.75) is 88.5 Å². The molecule has 1 aliphatic carbocycles. The van der Waals surface area contributed by atoms with E-state index in [-0.39, 0.29) is 35.2 Å². The van der Waals surface area contributed by atoms with Crippen molar-refractivity contribution in [3.8, 4) is 0 Å². The predicted molar refractivity (Wildman–Crippen MR) is 107 cm³/mol. The fourth-order valence-electron chi connectivity index (χ4n) is 4.11. The summed E-state index contributed by atoms with van der Waals surface area (Å²) in [6, 6.07) is 8.66. The highest BCUT2D eigenvalue weighted by molar-refractivity contribution is 6.21. The van der Waals surface area contributed by atoms with Gasteiger partial charge in [-0.1, -0.05) is 64.3 Å². The van der Waals surface area contributed by atoms with E-state index in [0.717, 1.165) is 32.1 Å². The number of hydrogen-bond acceptors (Lipinski definition) is 2. The van der Waals surface area contributed by atoms with Crippen LogP contribution in [0.15, 0.2) is 24.3 Å². The van der Waals surface area contributed by atoms with Crippen molar-refractivity contribution in [3.05, 3.63) is 35.4 Å². The third kappa shape index (κ3) is 5.72. The van der Waals surface area contributed by atoms with Crippen molar-refractivity contribution in [1.29, 1.82) is 0 Å². The molecule has 1 fully saturated rings. The Morgan fingerprint density at radius 2 is 1.73 bits per heavy atom. The zero-order valence-electron chi connectivity index (χ0n) is 16.2. The van der Waals surface area contributed by atoms with Gasteiger partial charge in [0.05, 0.1) is 6.10 Å². The number of rotatable bonds is 8. The van der Waals surface area contributed by atoms with E-state index in [1.807, 2.05) is 0 Å². The molecule has 0 amide bonds. The van der Waals surface area contributed by atoms with Crippen molar-refractivity contribution < 1.29 is 15.0 Å². The molecule has 1 saturated carbocycles. The molecule has 0 aromatic heterocycles. The van der Waals surface area contributed by atoms with E-state index in [9.17, 15) is 9.90 Å². The molecule has 2 rings (SSSR count). The molecule has 3 nitrogen and oxygen atoms in total. The first-order valence-corrected chi connectivity index (χ1v) is 10.3.